The third-order valence-electron chi connectivity index (χ3n) is 6.63. The standard InChI is InChI=1S/C24H28N4O5S/c1-28-19-6-5-16(9-22(29)25-10-14-2-3-14)33-21(19)11-32-20-7-4-15(8-17(20)24(28)31)27-23(30)18-12-34-13-26-18/h4,7-8,12-14,16,19,21H,2-3,5-6,9-11H2,1H3,(H,25,29)(H,27,30)/t16-,19-,21-/m1/s1. The van der Waals surface area contributed by atoms with Crippen molar-refractivity contribution in [3.63, 3.8) is 0 Å². The van der Waals surface area contributed by atoms with Crippen LogP contribution in [0.25, 0.3) is 0 Å². The second-order valence-corrected chi connectivity index (χ2v) is 9.88. The zero-order valence-electron chi connectivity index (χ0n) is 19.0. The van der Waals surface area contributed by atoms with Crippen molar-refractivity contribution in [2.24, 2.45) is 5.92 Å². The van der Waals surface area contributed by atoms with Crippen LogP contribution in [0.2, 0.25) is 0 Å². The molecule has 2 N–H and O–H groups in total. The van der Waals surface area contributed by atoms with Crippen molar-refractivity contribution in [3.05, 3.63) is 40.3 Å². The average Bonchev–Trinajstić information content (AvgIpc) is 3.50. The van der Waals surface area contributed by atoms with Gasteiger partial charge in [-0.3, -0.25) is 14.4 Å². The van der Waals surface area contributed by atoms with Crippen molar-refractivity contribution in [2.75, 3.05) is 25.5 Å². The van der Waals surface area contributed by atoms with Crippen LogP contribution in [0, 0.1) is 5.92 Å². The third kappa shape index (κ3) is 5.07. The summed E-state index contributed by atoms with van der Waals surface area (Å²) in [4.78, 5) is 43.7. The van der Waals surface area contributed by atoms with E-state index in [2.05, 4.69) is 15.6 Å². The van der Waals surface area contributed by atoms with Crippen LogP contribution in [0.4, 0.5) is 5.69 Å². The minimum absolute atomic E-state index is 0.0177. The molecule has 3 amide bonds. The molecule has 3 atom stereocenters. The molecule has 180 valence electrons. The van der Waals surface area contributed by atoms with Crippen molar-refractivity contribution >= 4 is 34.7 Å². The Balaban J connectivity index is 1.25. The molecule has 5 rings (SSSR count). The second kappa shape index (κ2) is 9.71. The first kappa shape index (κ1) is 22.8. The minimum atomic E-state index is -0.332. The fourth-order valence-electron chi connectivity index (χ4n) is 4.48. The highest BCUT2D eigenvalue weighted by Crippen LogP contribution is 2.33. The fraction of sp³-hybridized carbons (Fsp3) is 0.500. The number of carbonyl (C=O) groups excluding carboxylic acids is 3. The molecule has 3 aliphatic rings. The molecule has 2 fully saturated rings. The maximum absolute atomic E-state index is 13.3. The van der Waals surface area contributed by atoms with Crippen LogP contribution in [-0.2, 0) is 9.53 Å². The van der Waals surface area contributed by atoms with Crippen LogP contribution in [0.3, 0.4) is 0 Å². The summed E-state index contributed by atoms with van der Waals surface area (Å²) >= 11 is 1.34. The van der Waals surface area contributed by atoms with Crippen molar-refractivity contribution in [1.82, 2.24) is 15.2 Å². The van der Waals surface area contributed by atoms with Crippen molar-refractivity contribution < 1.29 is 23.9 Å². The lowest BCUT2D eigenvalue weighted by atomic mass is 9.94. The number of likely N-dealkylation sites (N-methyl/N-ethyl adjacent to an activating group) is 1. The molecule has 0 radical (unpaired) electrons. The molecule has 3 heterocycles. The van der Waals surface area contributed by atoms with Gasteiger partial charge in [0.15, 0.2) is 0 Å². The molecule has 2 aromatic rings. The Labute approximate surface area is 201 Å². The summed E-state index contributed by atoms with van der Waals surface area (Å²) in [7, 11) is 1.77. The number of carbonyl (C=O) groups is 3. The SMILES string of the molecule is CN1C(=O)c2cc(NC(=O)c3cscn3)ccc2OC[C@H]2O[C@@H](CC(=O)NCC3CC3)CC[C@H]21. The van der Waals surface area contributed by atoms with Crippen molar-refractivity contribution in [1.29, 1.82) is 0 Å². The smallest absolute Gasteiger partial charge is 0.275 e. The van der Waals surface area contributed by atoms with E-state index in [9.17, 15) is 14.4 Å². The van der Waals surface area contributed by atoms with Crippen LogP contribution >= 0.6 is 11.3 Å². The van der Waals surface area contributed by atoms with E-state index >= 15 is 0 Å². The second-order valence-electron chi connectivity index (χ2n) is 9.16. The monoisotopic (exact) mass is 484 g/mol. The van der Waals surface area contributed by atoms with Gasteiger partial charge in [0.05, 0.1) is 29.6 Å². The highest BCUT2D eigenvalue weighted by Gasteiger charge is 2.39. The molecule has 1 saturated heterocycles. The molecule has 0 bridgehead atoms. The van der Waals surface area contributed by atoms with E-state index < -0.39 is 0 Å². The Hall–Kier alpha value is -2.98. The fourth-order valence-corrected chi connectivity index (χ4v) is 5.02. The van der Waals surface area contributed by atoms with Gasteiger partial charge in [-0.05, 0) is 49.8 Å². The van der Waals surface area contributed by atoms with Crippen LogP contribution in [0.15, 0.2) is 29.1 Å². The molecule has 2 aliphatic heterocycles. The Kier molecular flexibility index (Phi) is 6.51. The molecule has 0 unspecified atom stereocenters. The predicted octanol–water partition coefficient (Wildman–Crippen LogP) is 2.69. The summed E-state index contributed by atoms with van der Waals surface area (Å²) in [6.45, 7) is 1.03. The Morgan fingerprint density at radius 2 is 2.09 bits per heavy atom. The molecule has 1 aromatic carbocycles. The van der Waals surface area contributed by atoms with Crippen LogP contribution in [0.5, 0.6) is 5.75 Å². The number of hydrogen-bond donors (Lipinski definition) is 2. The molecular weight excluding hydrogens is 456 g/mol. The number of nitrogens with zero attached hydrogens (tertiary/aromatic N) is 2. The number of fused-ring (bicyclic) bond motifs is 2. The number of thiazole rings is 1. The number of rotatable bonds is 6. The van der Waals surface area contributed by atoms with E-state index in [1.54, 1.807) is 41.0 Å². The van der Waals surface area contributed by atoms with Crippen LogP contribution in [-0.4, -0.2) is 66.1 Å². The number of hydrogen-bond acceptors (Lipinski definition) is 7. The largest absolute Gasteiger partial charge is 0.490 e. The number of amides is 3. The van der Waals surface area contributed by atoms with Gasteiger partial charge in [-0.15, -0.1) is 11.3 Å². The maximum Gasteiger partial charge on any atom is 0.275 e. The van der Waals surface area contributed by atoms with E-state index in [1.165, 1.54) is 24.2 Å². The van der Waals surface area contributed by atoms with Gasteiger partial charge in [-0.25, -0.2) is 4.98 Å². The van der Waals surface area contributed by atoms with E-state index in [4.69, 9.17) is 9.47 Å². The maximum atomic E-state index is 13.3. The number of anilines is 1. The molecule has 34 heavy (non-hydrogen) atoms. The van der Waals surface area contributed by atoms with Gasteiger partial charge in [0.25, 0.3) is 11.8 Å². The van der Waals surface area contributed by atoms with E-state index in [0.29, 0.717) is 41.5 Å². The normalized spacial score (nSPS) is 24.2. The summed E-state index contributed by atoms with van der Waals surface area (Å²) in [5.41, 5.74) is 2.81. The highest BCUT2D eigenvalue weighted by atomic mass is 32.1. The molecule has 10 heteroatoms. The van der Waals surface area contributed by atoms with Gasteiger partial charge in [0.2, 0.25) is 5.91 Å². The summed E-state index contributed by atoms with van der Waals surface area (Å²) < 4.78 is 12.2. The summed E-state index contributed by atoms with van der Waals surface area (Å²) in [5.74, 6) is 0.569. The first-order valence-electron chi connectivity index (χ1n) is 11.6. The molecule has 1 aromatic heterocycles. The van der Waals surface area contributed by atoms with E-state index in [-0.39, 0.29) is 42.6 Å². The molecular formula is C24H28N4O5S. The first-order valence-corrected chi connectivity index (χ1v) is 12.6. The Bertz CT molecular complexity index is 1070. The minimum Gasteiger partial charge on any atom is -0.490 e. The lowest BCUT2D eigenvalue weighted by Crippen LogP contribution is -2.54. The summed E-state index contributed by atoms with van der Waals surface area (Å²) in [5, 5.41) is 7.44. The summed E-state index contributed by atoms with van der Waals surface area (Å²) in [6.07, 6.45) is 3.65. The van der Waals surface area contributed by atoms with Gasteiger partial charge >= 0.3 is 0 Å². The molecule has 1 aliphatic carbocycles. The number of aromatic nitrogens is 1. The predicted molar refractivity (Wildman–Crippen MR) is 126 cm³/mol. The van der Waals surface area contributed by atoms with E-state index in [0.717, 1.165) is 13.0 Å². The summed E-state index contributed by atoms with van der Waals surface area (Å²) in [6, 6.07) is 4.86. The van der Waals surface area contributed by atoms with Gasteiger partial charge in [-0.2, -0.15) is 0 Å². The Morgan fingerprint density at radius 1 is 1.24 bits per heavy atom. The van der Waals surface area contributed by atoms with Gasteiger partial charge in [-0.1, -0.05) is 0 Å². The lowest BCUT2D eigenvalue weighted by Gasteiger charge is -2.42. The first-order chi connectivity index (χ1) is 16.5. The number of benzene rings is 1. The van der Waals surface area contributed by atoms with Crippen molar-refractivity contribution in [2.45, 2.75) is 50.4 Å². The zero-order valence-corrected chi connectivity index (χ0v) is 19.8. The third-order valence-corrected chi connectivity index (χ3v) is 7.22. The molecule has 1 saturated carbocycles. The molecule has 9 nitrogen and oxygen atoms in total. The average molecular weight is 485 g/mol. The number of ether oxygens (including phenoxy) is 2. The number of nitrogens with one attached hydrogen (secondary N) is 2. The lowest BCUT2D eigenvalue weighted by molar-refractivity contribution is -0.134. The van der Waals surface area contributed by atoms with Gasteiger partial charge in [0.1, 0.15) is 24.2 Å². The topological polar surface area (TPSA) is 110 Å². The van der Waals surface area contributed by atoms with Gasteiger partial charge in [0, 0.05) is 24.7 Å². The molecule has 0 spiro atoms. The van der Waals surface area contributed by atoms with Crippen molar-refractivity contribution in [3.8, 4) is 5.75 Å². The quantitative estimate of drug-likeness (QED) is 0.653. The Morgan fingerprint density at radius 3 is 2.85 bits per heavy atom. The van der Waals surface area contributed by atoms with Crippen LogP contribution < -0.4 is 15.4 Å². The van der Waals surface area contributed by atoms with Crippen LogP contribution in [0.1, 0.15) is 53.0 Å². The van der Waals surface area contributed by atoms with Gasteiger partial charge < -0.3 is 25.0 Å². The highest BCUT2D eigenvalue weighted by molar-refractivity contribution is 7.07. The van der Waals surface area contributed by atoms with E-state index in [1.807, 2.05) is 0 Å². The zero-order chi connectivity index (χ0) is 23.7.